The Morgan fingerprint density at radius 2 is 2.36 bits per heavy atom. The van der Waals surface area contributed by atoms with Crippen LogP contribution in [0.5, 0.6) is 0 Å². The second kappa shape index (κ2) is 2.42. The average Bonchev–Trinajstić information content (AvgIpc) is 2.06. The molecule has 0 radical (unpaired) electrons. The largest absolute Gasteiger partial charge is 0.380 e. The summed E-state index contributed by atoms with van der Waals surface area (Å²) in [6, 6.07) is 1.55. The van der Waals surface area contributed by atoms with Gasteiger partial charge in [0.1, 0.15) is 5.69 Å². The second-order valence-corrected chi connectivity index (χ2v) is 2.73. The fourth-order valence-corrected chi connectivity index (χ4v) is 1.39. The summed E-state index contributed by atoms with van der Waals surface area (Å²) in [5, 5.41) is 3.09. The number of nitrogens with one attached hydrogen (secondary N) is 2. The summed E-state index contributed by atoms with van der Waals surface area (Å²) >= 11 is 0. The van der Waals surface area contributed by atoms with Crippen LogP contribution in [0.25, 0.3) is 0 Å². The minimum absolute atomic E-state index is 0.0958. The predicted molar refractivity (Wildman–Crippen MR) is 43.9 cm³/mol. The van der Waals surface area contributed by atoms with Gasteiger partial charge >= 0.3 is 0 Å². The van der Waals surface area contributed by atoms with Crippen molar-refractivity contribution < 1.29 is 0 Å². The van der Waals surface area contributed by atoms with Crippen molar-refractivity contribution in [2.75, 3.05) is 11.9 Å². The monoisotopic (exact) mass is 150 g/mol. The normalized spacial score (nSPS) is 15.3. The number of aromatic amines is 1. The van der Waals surface area contributed by atoms with Crippen molar-refractivity contribution >= 4 is 5.69 Å². The van der Waals surface area contributed by atoms with E-state index in [9.17, 15) is 4.79 Å². The molecule has 0 bridgehead atoms. The molecule has 0 aliphatic carbocycles. The van der Waals surface area contributed by atoms with Gasteiger partial charge in [0.2, 0.25) is 5.43 Å². The lowest BCUT2D eigenvalue weighted by molar-refractivity contribution is 0.799. The van der Waals surface area contributed by atoms with E-state index >= 15 is 0 Å². The third-order valence-corrected chi connectivity index (χ3v) is 1.95. The number of H-pyrrole nitrogens is 1. The Kier molecular flexibility index (Phi) is 1.42. The lowest BCUT2D eigenvalue weighted by Crippen LogP contribution is -2.20. The highest BCUT2D eigenvalue weighted by Gasteiger charge is 2.09. The van der Waals surface area contributed by atoms with Crippen molar-refractivity contribution in [2.24, 2.45) is 0 Å². The van der Waals surface area contributed by atoms with E-state index in [1.54, 1.807) is 12.3 Å². The summed E-state index contributed by atoms with van der Waals surface area (Å²) in [5.74, 6) is 0. The van der Waals surface area contributed by atoms with Gasteiger partial charge in [-0.2, -0.15) is 0 Å². The van der Waals surface area contributed by atoms with Gasteiger partial charge in [-0.25, -0.2) is 0 Å². The zero-order chi connectivity index (χ0) is 7.68. The molecule has 0 unspecified atom stereocenters. The van der Waals surface area contributed by atoms with E-state index in [-0.39, 0.29) is 5.43 Å². The Bertz CT molecular complexity index is 316. The van der Waals surface area contributed by atoms with Crippen molar-refractivity contribution in [3.63, 3.8) is 0 Å². The first-order valence-corrected chi connectivity index (χ1v) is 3.82. The fourth-order valence-electron chi connectivity index (χ4n) is 1.39. The summed E-state index contributed by atoms with van der Waals surface area (Å²) in [4.78, 5) is 14.2. The first-order chi connectivity index (χ1) is 5.38. The molecule has 1 aliphatic rings. The Labute approximate surface area is 64.5 Å². The molecule has 3 heteroatoms. The van der Waals surface area contributed by atoms with E-state index in [1.165, 1.54) is 0 Å². The maximum Gasteiger partial charge on any atom is 0.204 e. The summed E-state index contributed by atoms with van der Waals surface area (Å²) in [7, 11) is 0. The molecule has 0 amide bonds. The topological polar surface area (TPSA) is 44.9 Å². The average molecular weight is 150 g/mol. The molecule has 2 heterocycles. The summed E-state index contributed by atoms with van der Waals surface area (Å²) < 4.78 is 0. The summed E-state index contributed by atoms with van der Waals surface area (Å²) in [6.45, 7) is 0.917. The van der Waals surface area contributed by atoms with Crippen molar-refractivity contribution in [3.05, 3.63) is 28.2 Å². The third kappa shape index (κ3) is 1.02. The van der Waals surface area contributed by atoms with Gasteiger partial charge in [-0.05, 0) is 12.8 Å². The third-order valence-electron chi connectivity index (χ3n) is 1.95. The van der Waals surface area contributed by atoms with E-state index in [0.717, 1.165) is 30.8 Å². The molecule has 1 aliphatic heterocycles. The molecule has 0 atom stereocenters. The number of fused-ring (bicyclic) bond motifs is 1. The molecule has 0 fully saturated rings. The molecule has 0 aromatic carbocycles. The molecular weight excluding hydrogens is 140 g/mol. The van der Waals surface area contributed by atoms with Crippen molar-refractivity contribution in [1.29, 1.82) is 0 Å². The Morgan fingerprint density at radius 3 is 3.18 bits per heavy atom. The van der Waals surface area contributed by atoms with Gasteiger partial charge in [0.15, 0.2) is 0 Å². The maximum absolute atomic E-state index is 11.2. The molecule has 1 aromatic heterocycles. The number of rotatable bonds is 0. The van der Waals surface area contributed by atoms with E-state index in [2.05, 4.69) is 10.3 Å². The lowest BCUT2D eigenvalue weighted by atomic mass is 10.1. The SMILES string of the molecule is O=c1cc[nH]c2c1NCCC2. The van der Waals surface area contributed by atoms with Crippen LogP contribution in [0.1, 0.15) is 12.1 Å². The molecule has 58 valence electrons. The molecule has 0 saturated carbocycles. The fraction of sp³-hybridized carbons (Fsp3) is 0.375. The van der Waals surface area contributed by atoms with Crippen molar-refractivity contribution in [3.8, 4) is 0 Å². The Morgan fingerprint density at radius 1 is 1.45 bits per heavy atom. The van der Waals surface area contributed by atoms with Crippen LogP contribution in [-0.2, 0) is 6.42 Å². The number of anilines is 1. The highest BCUT2D eigenvalue weighted by Crippen LogP contribution is 2.13. The van der Waals surface area contributed by atoms with Gasteiger partial charge in [-0.15, -0.1) is 0 Å². The van der Waals surface area contributed by atoms with Gasteiger partial charge < -0.3 is 10.3 Å². The molecule has 0 spiro atoms. The second-order valence-electron chi connectivity index (χ2n) is 2.73. The number of hydrogen-bond donors (Lipinski definition) is 2. The van der Waals surface area contributed by atoms with Crippen LogP contribution in [0.15, 0.2) is 17.1 Å². The van der Waals surface area contributed by atoms with Crippen LogP contribution in [-0.4, -0.2) is 11.5 Å². The number of pyridine rings is 1. The molecule has 2 rings (SSSR count). The van der Waals surface area contributed by atoms with Crippen LogP contribution in [0.3, 0.4) is 0 Å². The van der Waals surface area contributed by atoms with Gasteiger partial charge in [0.05, 0.1) is 0 Å². The van der Waals surface area contributed by atoms with E-state index < -0.39 is 0 Å². The minimum atomic E-state index is 0.0958. The molecule has 2 N–H and O–H groups in total. The standard InChI is InChI=1S/C8H10N2O/c11-7-3-5-9-6-2-1-4-10-8(6)7/h3,5,10H,1-2,4H2,(H,9,11). The van der Waals surface area contributed by atoms with Gasteiger partial charge in [0, 0.05) is 24.5 Å². The number of aromatic nitrogens is 1. The van der Waals surface area contributed by atoms with Crippen LogP contribution < -0.4 is 10.7 Å². The molecule has 11 heavy (non-hydrogen) atoms. The van der Waals surface area contributed by atoms with Crippen molar-refractivity contribution in [1.82, 2.24) is 4.98 Å². The zero-order valence-corrected chi connectivity index (χ0v) is 6.18. The first-order valence-electron chi connectivity index (χ1n) is 3.82. The van der Waals surface area contributed by atoms with Crippen molar-refractivity contribution in [2.45, 2.75) is 12.8 Å². The number of aryl methyl sites for hydroxylation is 1. The highest BCUT2D eigenvalue weighted by molar-refractivity contribution is 5.48. The van der Waals surface area contributed by atoms with E-state index in [4.69, 9.17) is 0 Å². The lowest BCUT2D eigenvalue weighted by Gasteiger charge is -2.15. The molecule has 3 nitrogen and oxygen atoms in total. The van der Waals surface area contributed by atoms with E-state index in [0.29, 0.717) is 0 Å². The smallest absolute Gasteiger partial charge is 0.204 e. The predicted octanol–water partition coefficient (Wildman–Crippen LogP) is 0.733. The van der Waals surface area contributed by atoms with Gasteiger partial charge in [-0.1, -0.05) is 0 Å². The Balaban J connectivity index is 2.58. The first kappa shape index (κ1) is 6.46. The zero-order valence-electron chi connectivity index (χ0n) is 6.18. The molecular formula is C8H10N2O. The molecule has 0 saturated heterocycles. The van der Waals surface area contributed by atoms with Crippen LogP contribution in [0.2, 0.25) is 0 Å². The summed E-state index contributed by atoms with van der Waals surface area (Å²) in [5.41, 5.74) is 1.90. The quantitative estimate of drug-likeness (QED) is 0.572. The molecule has 1 aromatic rings. The van der Waals surface area contributed by atoms with Crippen LogP contribution >= 0.6 is 0 Å². The van der Waals surface area contributed by atoms with Crippen LogP contribution in [0.4, 0.5) is 5.69 Å². The highest BCUT2D eigenvalue weighted by atomic mass is 16.1. The van der Waals surface area contributed by atoms with E-state index in [1.807, 2.05) is 0 Å². The Hall–Kier alpha value is -1.25. The van der Waals surface area contributed by atoms with Gasteiger partial charge in [-0.3, -0.25) is 4.79 Å². The maximum atomic E-state index is 11.2. The van der Waals surface area contributed by atoms with Gasteiger partial charge in [0.25, 0.3) is 0 Å². The minimum Gasteiger partial charge on any atom is -0.380 e. The summed E-state index contributed by atoms with van der Waals surface area (Å²) in [6.07, 6.45) is 3.79. The number of hydrogen-bond acceptors (Lipinski definition) is 2. The van der Waals surface area contributed by atoms with Crippen LogP contribution in [0, 0.1) is 0 Å².